The third-order valence-electron chi connectivity index (χ3n) is 3.73. The number of esters is 1. The number of ether oxygens (including phenoxy) is 1. The monoisotopic (exact) mass is 260 g/mol. The Kier molecular flexibility index (Phi) is 2.69. The van der Waals surface area contributed by atoms with Crippen LogP contribution in [-0.2, 0) is 24.6 Å². The lowest BCUT2D eigenvalue weighted by molar-refractivity contribution is 0.0514. The van der Waals surface area contributed by atoms with Gasteiger partial charge < -0.3 is 13.8 Å². The zero-order valence-electron chi connectivity index (χ0n) is 11.3. The van der Waals surface area contributed by atoms with Crippen molar-refractivity contribution in [2.75, 3.05) is 6.61 Å². The normalized spacial score (nSPS) is 13.0. The lowest BCUT2D eigenvalue weighted by Crippen LogP contribution is -2.13. The number of fused-ring (bicyclic) bond motifs is 3. The van der Waals surface area contributed by atoms with Crippen LogP contribution in [0.4, 0.5) is 0 Å². The third kappa shape index (κ3) is 1.61. The summed E-state index contributed by atoms with van der Waals surface area (Å²) in [6.45, 7) is 4.12. The smallest absolute Gasteiger partial charge is 0.355 e. The maximum atomic E-state index is 12.1. The van der Waals surface area contributed by atoms with E-state index in [9.17, 15) is 4.79 Å². The van der Waals surface area contributed by atoms with Crippen LogP contribution in [0.15, 0.2) is 10.7 Å². The van der Waals surface area contributed by atoms with Gasteiger partial charge in [0.15, 0.2) is 5.76 Å². The molecular weight excluding hydrogens is 244 g/mol. The maximum absolute atomic E-state index is 12.1. The Labute approximate surface area is 111 Å². The lowest BCUT2D eigenvalue weighted by atomic mass is 9.94. The Balaban J connectivity index is 2.20. The molecular formula is C14H16N2O3. The number of carbonyl (C=O) groups excluding carboxylic acids is 1. The van der Waals surface area contributed by atoms with Gasteiger partial charge >= 0.3 is 5.97 Å². The molecule has 0 amide bonds. The molecule has 19 heavy (non-hydrogen) atoms. The van der Waals surface area contributed by atoms with Crippen molar-refractivity contribution in [1.82, 2.24) is 9.72 Å². The van der Waals surface area contributed by atoms with Crippen LogP contribution in [0.5, 0.6) is 0 Å². The van der Waals surface area contributed by atoms with E-state index in [1.54, 1.807) is 6.20 Å². The van der Waals surface area contributed by atoms with Crippen molar-refractivity contribution in [3.8, 4) is 11.3 Å². The van der Waals surface area contributed by atoms with Crippen LogP contribution in [0.2, 0.25) is 0 Å². The van der Waals surface area contributed by atoms with Crippen LogP contribution >= 0.6 is 0 Å². The molecule has 5 nitrogen and oxygen atoms in total. The van der Waals surface area contributed by atoms with Crippen LogP contribution in [0.3, 0.4) is 0 Å². The number of hydrogen-bond acceptors (Lipinski definition) is 4. The second-order valence-corrected chi connectivity index (χ2v) is 4.75. The molecule has 0 radical (unpaired) electrons. The Hall–Kier alpha value is -2.04. The second-order valence-electron chi connectivity index (χ2n) is 4.75. The summed E-state index contributed by atoms with van der Waals surface area (Å²) in [5.74, 6) is 0.517. The molecule has 2 aromatic rings. The van der Waals surface area contributed by atoms with Crippen molar-refractivity contribution in [2.24, 2.45) is 7.05 Å². The summed E-state index contributed by atoms with van der Waals surface area (Å²) in [4.78, 5) is 12.1. The predicted molar refractivity (Wildman–Crippen MR) is 69.0 cm³/mol. The minimum absolute atomic E-state index is 0.280. The topological polar surface area (TPSA) is 57.3 Å². The highest BCUT2D eigenvalue weighted by Crippen LogP contribution is 2.38. The molecule has 0 fully saturated rings. The van der Waals surface area contributed by atoms with Gasteiger partial charge in [-0.25, -0.2) is 4.79 Å². The maximum Gasteiger partial charge on any atom is 0.355 e. The fourth-order valence-electron chi connectivity index (χ4n) is 2.87. The summed E-state index contributed by atoms with van der Waals surface area (Å²) in [6, 6.07) is 0. The van der Waals surface area contributed by atoms with Crippen molar-refractivity contribution in [3.63, 3.8) is 0 Å². The molecule has 0 aromatic carbocycles. The minimum Gasteiger partial charge on any atom is -0.461 e. The van der Waals surface area contributed by atoms with E-state index in [1.807, 2.05) is 25.5 Å². The predicted octanol–water partition coefficient (Wildman–Crippen LogP) is 2.26. The highest BCUT2D eigenvalue weighted by atomic mass is 16.5. The van der Waals surface area contributed by atoms with E-state index in [0.29, 0.717) is 12.3 Å². The Morgan fingerprint density at radius 3 is 3.05 bits per heavy atom. The molecule has 0 N–H and O–H groups in total. The molecule has 0 spiro atoms. The zero-order chi connectivity index (χ0) is 13.6. The number of carbonyl (C=O) groups is 1. The standard InChI is InChI=1S/C14H16N2O3/c1-4-18-14(17)12-8(2)11-10(16(12)3)6-5-9-7-15-19-13(9)11/h7H,4-6H2,1-3H3. The fraction of sp³-hybridized carbons (Fsp3) is 0.429. The molecule has 5 heteroatoms. The summed E-state index contributed by atoms with van der Waals surface area (Å²) < 4.78 is 12.4. The fourth-order valence-corrected chi connectivity index (χ4v) is 2.87. The van der Waals surface area contributed by atoms with Gasteiger partial charge in [0.25, 0.3) is 0 Å². The summed E-state index contributed by atoms with van der Waals surface area (Å²) in [7, 11) is 1.90. The lowest BCUT2D eigenvalue weighted by Gasteiger charge is -2.12. The van der Waals surface area contributed by atoms with Gasteiger partial charge in [-0.1, -0.05) is 5.16 Å². The summed E-state index contributed by atoms with van der Waals surface area (Å²) >= 11 is 0. The first-order chi connectivity index (χ1) is 9.15. The van der Waals surface area contributed by atoms with Crippen LogP contribution in [-0.4, -0.2) is 22.3 Å². The first-order valence-electron chi connectivity index (χ1n) is 6.44. The van der Waals surface area contributed by atoms with Crippen molar-refractivity contribution in [2.45, 2.75) is 26.7 Å². The quantitative estimate of drug-likeness (QED) is 0.777. The molecule has 0 atom stereocenters. The average Bonchev–Trinajstić information content (AvgIpc) is 2.93. The van der Waals surface area contributed by atoms with E-state index < -0.39 is 0 Å². The molecule has 0 saturated heterocycles. The van der Waals surface area contributed by atoms with Gasteiger partial charge in [0, 0.05) is 23.9 Å². The molecule has 0 bridgehead atoms. The van der Waals surface area contributed by atoms with E-state index in [1.165, 1.54) is 0 Å². The Morgan fingerprint density at radius 1 is 1.53 bits per heavy atom. The SMILES string of the molecule is CCOC(=O)c1c(C)c2c(n1C)CCc1cnoc1-2. The van der Waals surface area contributed by atoms with Crippen LogP contribution in [0.25, 0.3) is 11.3 Å². The summed E-state index contributed by atoms with van der Waals surface area (Å²) in [5.41, 5.74) is 4.75. The number of aryl methyl sites for hydroxylation is 1. The zero-order valence-corrected chi connectivity index (χ0v) is 11.3. The molecule has 0 saturated carbocycles. The van der Waals surface area contributed by atoms with Gasteiger partial charge in [0.1, 0.15) is 5.69 Å². The summed E-state index contributed by atoms with van der Waals surface area (Å²) in [6.07, 6.45) is 3.54. The van der Waals surface area contributed by atoms with E-state index in [2.05, 4.69) is 5.16 Å². The average molecular weight is 260 g/mol. The largest absolute Gasteiger partial charge is 0.461 e. The van der Waals surface area contributed by atoms with Crippen LogP contribution in [0.1, 0.15) is 34.2 Å². The van der Waals surface area contributed by atoms with Crippen molar-refractivity contribution < 1.29 is 14.1 Å². The highest BCUT2D eigenvalue weighted by molar-refractivity contribution is 5.93. The number of hydrogen-bond donors (Lipinski definition) is 0. The van der Waals surface area contributed by atoms with Gasteiger partial charge in [-0.15, -0.1) is 0 Å². The molecule has 0 unspecified atom stereocenters. The molecule has 2 aromatic heterocycles. The van der Waals surface area contributed by atoms with Gasteiger partial charge in [-0.3, -0.25) is 0 Å². The Bertz CT molecular complexity index is 652. The van der Waals surface area contributed by atoms with Crippen molar-refractivity contribution in [3.05, 3.63) is 28.7 Å². The summed E-state index contributed by atoms with van der Waals surface area (Å²) in [5, 5.41) is 3.86. The van der Waals surface area contributed by atoms with Crippen LogP contribution in [0, 0.1) is 6.92 Å². The molecule has 1 aliphatic carbocycles. The molecule has 3 rings (SSSR count). The first kappa shape index (κ1) is 12.0. The van der Waals surface area contributed by atoms with Crippen molar-refractivity contribution >= 4 is 5.97 Å². The van der Waals surface area contributed by atoms with Crippen molar-refractivity contribution in [1.29, 1.82) is 0 Å². The van der Waals surface area contributed by atoms with Gasteiger partial charge in [0.2, 0.25) is 0 Å². The van der Waals surface area contributed by atoms with Gasteiger partial charge in [-0.05, 0) is 32.3 Å². The van der Waals surface area contributed by atoms with E-state index in [-0.39, 0.29) is 5.97 Å². The molecule has 100 valence electrons. The second kappa shape index (κ2) is 4.26. The number of nitrogens with zero attached hydrogens (tertiary/aromatic N) is 2. The van der Waals surface area contributed by atoms with Crippen LogP contribution < -0.4 is 0 Å². The van der Waals surface area contributed by atoms with Gasteiger partial charge in [0.05, 0.1) is 12.8 Å². The molecule has 2 heterocycles. The molecule has 1 aliphatic rings. The Morgan fingerprint density at radius 2 is 2.32 bits per heavy atom. The number of aromatic nitrogens is 2. The minimum atomic E-state index is -0.280. The van der Waals surface area contributed by atoms with Gasteiger partial charge in [-0.2, -0.15) is 0 Å². The van der Waals surface area contributed by atoms with E-state index >= 15 is 0 Å². The van der Waals surface area contributed by atoms with E-state index in [4.69, 9.17) is 9.26 Å². The van der Waals surface area contributed by atoms with E-state index in [0.717, 1.165) is 41.0 Å². The third-order valence-corrected chi connectivity index (χ3v) is 3.73. The first-order valence-corrected chi connectivity index (χ1v) is 6.44. The highest BCUT2D eigenvalue weighted by Gasteiger charge is 2.30. The molecule has 0 aliphatic heterocycles. The number of rotatable bonds is 2.